The Labute approximate surface area is 81.7 Å². The van der Waals surface area contributed by atoms with Gasteiger partial charge in [-0.1, -0.05) is 0 Å². The number of nitrogens with zero attached hydrogens (tertiary/aromatic N) is 2. The van der Waals surface area contributed by atoms with Crippen LogP contribution in [0, 0.1) is 0 Å². The van der Waals surface area contributed by atoms with Gasteiger partial charge in [0.05, 0.1) is 0 Å². The van der Waals surface area contributed by atoms with E-state index < -0.39 is 0 Å². The van der Waals surface area contributed by atoms with Gasteiger partial charge in [-0.25, -0.2) is 0 Å². The fourth-order valence-corrected chi connectivity index (χ4v) is 1.70. The molecule has 3 nitrogen and oxygen atoms in total. The summed E-state index contributed by atoms with van der Waals surface area (Å²) in [5.74, 6) is 0. The van der Waals surface area contributed by atoms with Gasteiger partial charge >= 0.3 is 0 Å². The molecule has 0 aromatic heterocycles. The molecule has 1 unspecified atom stereocenters. The Bertz CT molecular complexity index is 150. The molecule has 0 radical (unpaired) electrons. The standard InChI is InChI=1S/C10H22N2O/c1-5-13-10-8-12(9(2)3)7-6-11(10)4/h9-10H,5-8H2,1-4H3. The van der Waals surface area contributed by atoms with Crippen molar-refractivity contribution in [3.05, 3.63) is 0 Å². The van der Waals surface area contributed by atoms with Crippen molar-refractivity contribution in [1.29, 1.82) is 0 Å². The summed E-state index contributed by atoms with van der Waals surface area (Å²) >= 11 is 0. The van der Waals surface area contributed by atoms with Crippen molar-refractivity contribution in [2.45, 2.75) is 33.0 Å². The van der Waals surface area contributed by atoms with Crippen LogP contribution in [0.3, 0.4) is 0 Å². The molecule has 1 saturated heterocycles. The normalized spacial score (nSPS) is 27.0. The van der Waals surface area contributed by atoms with Gasteiger partial charge in [-0.3, -0.25) is 9.80 Å². The molecule has 0 spiro atoms. The Morgan fingerprint density at radius 1 is 1.38 bits per heavy atom. The van der Waals surface area contributed by atoms with Crippen LogP contribution in [-0.2, 0) is 4.74 Å². The molecule has 1 heterocycles. The molecular formula is C10H22N2O. The van der Waals surface area contributed by atoms with E-state index in [0.717, 1.165) is 26.2 Å². The van der Waals surface area contributed by atoms with Gasteiger partial charge in [0.15, 0.2) is 0 Å². The third-order valence-corrected chi connectivity index (χ3v) is 2.71. The van der Waals surface area contributed by atoms with Crippen molar-refractivity contribution >= 4 is 0 Å². The summed E-state index contributed by atoms with van der Waals surface area (Å²) in [5.41, 5.74) is 0. The van der Waals surface area contributed by atoms with Gasteiger partial charge in [-0.15, -0.1) is 0 Å². The number of hydrogen-bond donors (Lipinski definition) is 0. The maximum Gasteiger partial charge on any atom is 0.123 e. The fourth-order valence-electron chi connectivity index (χ4n) is 1.70. The second-order valence-corrected chi connectivity index (χ2v) is 3.98. The van der Waals surface area contributed by atoms with E-state index in [4.69, 9.17) is 4.74 Å². The minimum atomic E-state index is 0.293. The minimum Gasteiger partial charge on any atom is -0.362 e. The summed E-state index contributed by atoms with van der Waals surface area (Å²) in [6.07, 6.45) is 0.293. The average molecular weight is 186 g/mol. The van der Waals surface area contributed by atoms with Crippen LogP contribution in [0.1, 0.15) is 20.8 Å². The van der Waals surface area contributed by atoms with Crippen molar-refractivity contribution < 1.29 is 4.74 Å². The Kier molecular flexibility index (Phi) is 4.16. The highest BCUT2D eigenvalue weighted by molar-refractivity contribution is 4.76. The van der Waals surface area contributed by atoms with E-state index in [9.17, 15) is 0 Å². The summed E-state index contributed by atoms with van der Waals surface area (Å²) in [5, 5.41) is 0. The lowest BCUT2D eigenvalue weighted by Gasteiger charge is -2.40. The highest BCUT2D eigenvalue weighted by Gasteiger charge is 2.25. The van der Waals surface area contributed by atoms with Crippen molar-refractivity contribution in [3.8, 4) is 0 Å². The first-order valence-electron chi connectivity index (χ1n) is 5.21. The third kappa shape index (κ3) is 2.93. The van der Waals surface area contributed by atoms with E-state index in [1.807, 2.05) is 0 Å². The largest absolute Gasteiger partial charge is 0.362 e. The van der Waals surface area contributed by atoms with Gasteiger partial charge in [0.2, 0.25) is 0 Å². The van der Waals surface area contributed by atoms with E-state index in [2.05, 4.69) is 37.6 Å². The van der Waals surface area contributed by atoms with E-state index in [1.54, 1.807) is 0 Å². The molecule has 0 bridgehead atoms. The van der Waals surface area contributed by atoms with Gasteiger partial charge in [0.1, 0.15) is 6.23 Å². The van der Waals surface area contributed by atoms with Crippen LogP contribution >= 0.6 is 0 Å². The topological polar surface area (TPSA) is 15.7 Å². The minimum absolute atomic E-state index is 0.293. The van der Waals surface area contributed by atoms with Gasteiger partial charge in [-0.2, -0.15) is 0 Å². The summed E-state index contributed by atoms with van der Waals surface area (Å²) in [6, 6.07) is 0.636. The van der Waals surface area contributed by atoms with Crippen LogP contribution in [0.2, 0.25) is 0 Å². The second kappa shape index (κ2) is 4.94. The van der Waals surface area contributed by atoms with Crippen molar-refractivity contribution in [2.24, 2.45) is 0 Å². The Morgan fingerprint density at radius 3 is 2.62 bits per heavy atom. The SMILES string of the molecule is CCOC1CN(C(C)C)CCN1C. The molecular weight excluding hydrogens is 164 g/mol. The first-order valence-corrected chi connectivity index (χ1v) is 5.21. The van der Waals surface area contributed by atoms with Crippen molar-refractivity contribution in [2.75, 3.05) is 33.3 Å². The van der Waals surface area contributed by atoms with Gasteiger partial charge in [-0.05, 0) is 27.8 Å². The number of likely N-dealkylation sites (N-methyl/N-ethyl adjacent to an activating group) is 1. The smallest absolute Gasteiger partial charge is 0.123 e. The Hall–Kier alpha value is -0.120. The summed E-state index contributed by atoms with van der Waals surface area (Å²) < 4.78 is 5.66. The molecule has 1 aliphatic heterocycles. The lowest BCUT2D eigenvalue weighted by Crippen LogP contribution is -2.54. The lowest BCUT2D eigenvalue weighted by atomic mass is 10.2. The first kappa shape index (κ1) is 11.0. The number of piperazine rings is 1. The van der Waals surface area contributed by atoms with E-state index >= 15 is 0 Å². The molecule has 1 aliphatic rings. The monoisotopic (exact) mass is 186 g/mol. The predicted molar refractivity (Wildman–Crippen MR) is 54.8 cm³/mol. The molecule has 0 N–H and O–H groups in total. The lowest BCUT2D eigenvalue weighted by molar-refractivity contribution is -0.0916. The second-order valence-electron chi connectivity index (χ2n) is 3.98. The molecule has 0 saturated carbocycles. The average Bonchev–Trinajstić information content (AvgIpc) is 2.08. The Morgan fingerprint density at radius 2 is 2.08 bits per heavy atom. The number of hydrogen-bond acceptors (Lipinski definition) is 3. The van der Waals surface area contributed by atoms with Crippen LogP contribution in [0.25, 0.3) is 0 Å². The maximum atomic E-state index is 5.66. The first-order chi connectivity index (χ1) is 6.15. The number of ether oxygens (including phenoxy) is 1. The Balaban J connectivity index is 2.42. The van der Waals surface area contributed by atoms with Gasteiger partial charge < -0.3 is 4.74 Å². The summed E-state index contributed by atoms with van der Waals surface area (Å²) in [6.45, 7) is 10.7. The molecule has 3 heteroatoms. The quantitative estimate of drug-likeness (QED) is 0.654. The number of rotatable bonds is 3. The van der Waals surface area contributed by atoms with Crippen LogP contribution in [0.5, 0.6) is 0 Å². The van der Waals surface area contributed by atoms with Crippen molar-refractivity contribution in [3.63, 3.8) is 0 Å². The molecule has 78 valence electrons. The zero-order valence-electron chi connectivity index (χ0n) is 9.29. The zero-order chi connectivity index (χ0) is 9.84. The van der Waals surface area contributed by atoms with E-state index in [-0.39, 0.29) is 0 Å². The maximum absolute atomic E-state index is 5.66. The molecule has 13 heavy (non-hydrogen) atoms. The molecule has 1 fully saturated rings. The van der Waals surface area contributed by atoms with Crippen LogP contribution in [-0.4, -0.2) is 55.4 Å². The van der Waals surface area contributed by atoms with E-state index in [0.29, 0.717) is 12.3 Å². The molecule has 0 aliphatic carbocycles. The highest BCUT2D eigenvalue weighted by Crippen LogP contribution is 2.11. The van der Waals surface area contributed by atoms with Crippen molar-refractivity contribution in [1.82, 2.24) is 9.80 Å². The predicted octanol–water partition coefficient (Wildman–Crippen LogP) is 1.00. The zero-order valence-corrected chi connectivity index (χ0v) is 9.29. The highest BCUT2D eigenvalue weighted by atomic mass is 16.5. The fraction of sp³-hybridized carbons (Fsp3) is 1.00. The summed E-state index contributed by atoms with van der Waals surface area (Å²) in [4.78, 5) is 4.77. The van der Waals surface area contributed by atoms with Crippen LogP contribution in [0.15, 0.2) is 0 Å². The van der Waals surface area contributed by atoms with Gasteiger partial charge in [0.25, 0.3) is 0 Å². The molecule has 0 amide bonds. The molecule has 0 aromatic rings. The molecule has 0 aromatic carbocycles. The summed E-state index contributed by atoms with van der Waals surface area (Å²) in [7, 11) is 2.14. The molecule has 1 rings (SSSR count). The van der Waals surface area contributed by atoms with E-state index in [1.165, 1.54) is 0 Å². The van der Waals surface area contributed by atoms with Gasteiger partial charge in [0, 0.05) is 32.3 Å². The molecule has 1 atom stereocenters. The van der Waals surface area contributed by atoms with Crippen LogP contribution < -0.4 is 0 Å². The van der Waals surface area contributed by atoms with Crippen LogP contribution in [0.4, 0.5) is 0 Å². The third-order valence-electron chi connectivity index (χ3n) is 2.71.